The van der Waals surface area contributed by atoms with Gasteiger partial charge >= 0.3 is 11.3 Å². The van der Waals surface area contributed by atoms with Crippen molar-refractivity contribution in [2.75, 3.05) is 7.05 Å². The van der Waals surface area contributed by atoms with Crippen molar-refractivity contribution >= 4 is 23.6 Å². The minimum atomic E-state index is -4.95. The Hall–Kier alpha value is -0.770. The van der Waals surface area contributed by atoms with Crippen molar-refractivity contribution in [1.82, 2.24) is 9.98 Å². The molecule has 6 nitrogen and oxygen atoms in total. The Morgan fingerprint density at radius 3 is 2.55 bits per heavy atom. The van der Waals surface area contributed by atoms with Crippen LogP contribution in [-0.4, -0.2) is 70.3 Å². The van der Waals surface area contributed by atoms with Gasteiger partial charge < -0.3 is 20.1 Å². The first kappa shape index (κ1) is 17.3. The fourth-order valence-corrected chi connectivity index (χ4v) is 2.61. The molecule has 1 fully saturated rings. The van der Waals surface area contributed by atoms with E-state index in [1.165, 1.54) is 7.05 Å². The molecular formula is C10H16F3N2O4S+. The largest absolute Gasteiger partial charge is 0.417 e. The quantitative estimate of drug-likeness (QED) is 0.291. The van der Waals surface area contributed by atoms with Crippen molar-refractivity contribution in [2.45, 2.75) is 42.4 Å². The van der Waals surface area contributed by atoms with Crippen LogP contribution in [0.1, 0.15) is 6.42 Å². The van der Waals surface area contributed by atoms with Crippen LogP contribution in [0.4, 0.5) is 13.2 Å². The molecule has 0 amide bonds. The van der Waals surface area contributed by atoms with Gasteiger partial charge in [-0.25, -0.2) is 4.67 Å². The Balaban J connectivity index is 2.82. The Morgan fingerprint density at radius 1 is 1.50 bits per heavy atom. The number of nitrogens with one attached hydrogen (secondary N) is 1. The number of hydrogen-bond donors (Lipinski definition) is 4. The van der Waals surface area contributed by atoms with Gasteiger partial charge in [0.1, 0.15) is 17.6 Å². The van der Waals surface area contributed by atoms with Gasteiger partial charge in [0.15, 0.2) is 12.8 Å². The maximum atomic E-state index is 12.5. The highest BCUT2D eigenvalue weighted by atomic mass is 32.2. The first-order chi connectivity index (χ1) is 9.20. The number of aliphatic hydroxyl groups is 3. The molecule has 0 aromatic heterocycles. The number of rotatable bonds is 2. The van der Waals surface area contributed by atoms with Crippen molar-refractivity contribution in [1.29, 1.82) is 0 Å². The van der Waals surface area contributed by atoms with Crippen LogP contribution in [-0.2, 0) is 4.74 Å². The molecule has 10 heteroatoms. The number of nitrogens with zero attached hydrogens (tertiary/aromatic N) is 1. The molecule has 0 bridgehead atoms. The maximum absolute atomic E-state index is 12.5. The number of alkyl halides is 3. The molecule has 1 rings (SSSR count). The summed E-state index contributed by atoms with van der Waals surface area (Å²) in [4.78, 5) is 0. The fourth-order valence-electron chi connectivity index (χ4n) is 1.69. The average molecular weight is 317 g/mol. The summed E-state index contributed by atoms with van der Waals surface area (Å²) < 4.78 is 46.0. The van der Waals surface area contributed by atoms with Gasteiger partial charge in [0, 0.05) is 18.2 Å². The number of amidine groups is 1. The molecule has 0 saturated carbocycles. The van der Waals surface area contributed by atoms with E-state index in [0.29, 0.717) is 5.17 Å². The predicted octanol–water partition coefficient (Wildman–Crippen LogP) is -1.18. The molecule has 0 aliphatic carbocycles. The van der Waals surface area contributed by atoms with Crippen LogP contribution in [0.2, 0.25) is 0 Å². The third-order valence-electron chi connectivity index (χ3n) is 2.72. The summed E-state index contributed by atoms with van der Waals surface area (Å²) in [5, 5.41) is 31.2. The summed E-state index contributed by atoms with van der Waals surface area (Å²) in [7, 11) is 1.53. The second kappa shape index (κ2) is 6.79. The normalized spacial score (nSPS) is 32.4. The van der Waals surface area contributed by atoms with Gasteiger partial charge in [0.25, 0.3) is 0 Å². The molecule has 116 valence electrons. The second-order valence-electron chi connectivity index (χ2n) is 4.14. The van der Waals surface area contributed by atoms with Gasteiger partial charge in [0.2, 0.25) is 0 Å². The molecule has 1 aliphatic rings. The van der Waals surface area contributed by atoms with E-state index in [1.54, 1.807) is 0 Å². The summed E-state index contributed by atoms with van der Waals surface area (Å²) in [5.74, 6) is 0. The lowest BCUT2D eigenvalue weighted by Crippen LogP contribution is -2.56. The minimum Gasteiger partial charge on any atom is -0.390 e. The molecule has 0 aromatic rings. The molecule has 5 unspecified atom stereocenters. The van der Waals surface area contributed by atoms with Crippen molar-refractivity contribution in [3.8, 4) is 0 Å². The van der Waals surface area contributed by atoms with Gasteiger partial charge in [-0.1, -0.05) is 0 Å². The smallest absolute Gasteiger partial charge is 0.390 e. The summed E-state index contributed by atoms with van der Waals surface area (Å²) in [6.45, 7) is 3.26. The van der Waals surface area contributed by atoms with Crippen molar-refractivity contribution < 1.29 is 33.2 Å². The monoisotopic (exact) mass is 317 g/mol. The number of thioether (sulfide) groups is 1. The van der Waals surface area contributed by atoms with E-state index in [9.17, 15) is 28.5 Å². The van der Waals surface area contributed by atoms with Gasteiger partial charge in [-0.15, -0.1) is 0 Å². The lowest BCUT2D eigenvalue weighted by molar-refractivity contribution is -0.269. The van der Waals surface area contributed by atoms with E-state index >= 15 is 0 Å². The van der Waals surface area contributed by atoms with Crippen LogP contribution in [0.5, 0.6) is 0 Å². The number of aliphatic hydroxyl groups excluding tert-OH is 3. The molecule has 5 atom stereocenters. The van der Waals surface area contributed by atoms with E-state index in [-0.39, 0.29) is 6.42 Å². The molecule has 1 aliphatic heterocycles. The molecule has 0 spiro atoms. The Morgan fingerprint density at radius 2 is 2.10 bits per heavy atom. The van der Waals surface area contributed by atoms with E-state index in [4.69, 9.17) is 4.74 Å². The molecular weight excluding hydrogens is 301 g/mol. The van der Waals surface area contributed by atoms with Crippen LogP contribution >= 0.6 is 11.8 Å². The van der Waals surface area contributed by atoms with Crippen molar-refractivity contribution in [3.05, 3.63) is 0 Å². The highest BCUT2D eigenvalue weighted by Crippen LogP contribution is 2.34. The van der Waals surface area contributed by atoms with Crippen LogP contribution in [0, 0.1) is 0 Å². The zero-order chi connectivity index (χ0) is 15.5. The van der Waals surface area contributed by atoms with Crippen molar-refractivity contribution in [2.24, 2.45) is 0 Å². The highest BCUT2D eigenvalue weighted by Gasteiger charge is 2.51. The summed E-state index contributed by atoms with van der Waals surface area (Å²) >= 11 is 0.908. The van der Waals surface area contributed by atoms with E-state index in [2.05, 4.69) is 16.7 Å². The summed E-state index contributed by atoms with van der Waals surface area (Å²) in [5.41, 5.74) is -0.900. The van der Waals surface area contributed by atoms with Gasteiger partial charge in [0.05, 0.1) is 13.2 Å². The van der Waals surface area contributed by atoms with Gasteiger partial charge in [-0.05, 0) is 0 Å². The van der Waals surface area contributed by atoms with E-state index < -0.39 is 36.0 Å². The summed E-state index contributed by atoms with van der Waals surface area (Å²) in [6, 6.07) is 0. The Kier molecular flexibility index (Phi) is 5.87. The Bertz CT molecular complexity index is 389. The predicted molar refractivity (Wildman–Crippen MR) is 68.3 cm³/mol. The SMILES string of the molecule is C=[N+]=C(NC)SC1CC(O)C(O)C(C(O)C(F)(F)F)O1. The maximum Gasteiger partial charge on any atom is 0.417 e. The third-order valence-corrected chi connectivity index (χ3v) is 3.84. The third kappa shape index (κ3) is 4.11. The molecule has 1 heterocycles. The van der Waals surface area contributed by atoms with E-state index in [1.807, 2.05) is 0 Å². The van der Waals surface area contributed by atoms with E-state index in [0.717, 1.165) is 11.8 Å². The van der Waals surface area contributed by atoms with Gasteiger partial charge in [-0.2, -0.15) is 13.2 Å². The standard InChI is InChI=1S/C10H15F3N2O4S/c1-14-9(15-2)20-5-3-4(16)6(17)7(19-5)8(18)10(11,12)13/h4-8,16-18H,1,3H2,2H3/p+1. The first-order valence-electron chi connectivity index (χ1n) is 5.65. The highest BCUT2D eigenvalue weighted by molar-refractivity contribution is 8.14. The lowest BCUT2D eigenvalue weighted by Gasteiger charge is -2.38. The van der Waals surface area contributed by atoms with Gasteiger partial charge in [-0.3, -0.25) is 5.32 Å². The zero-order valence-electron chi connectivity index (χ0n) is 10.5. The first-order valence-corrected chi connectivity index (χ1v) is 6.53. The van der Waals surface area contributed by atoms with Crippen LogP contribution in [0.15, 0.2) is 0 Å². The molecule has 1 saturated heterocycles. The lowest BCUT2D eigenvalue weighted by atomic mass is 9.98. The minimum absolute atomic E-state index is 0.104. The summed E-state index contributed by atoms with van der Waals surface area (Å²) in [6.07, 6.45) is -13.2. The van der Waals surface area contributed by atoms with Crippen LogP contribution in [0.3, 0.4) is 0 Å². The molecule has 4 N–H and O–H groups in total. The van der Waals surface area contributed by atoms with Crippen LogP contribution < -0.4 is 9.98 Å². The van der Waals surface area contributed by atoms with Crippen LogP contribution in [0.25, 0.3) is 0 Å². The number of halogens is 3. The molecule has 0 aromatic carbocycles. The Labute approximate surface area is 117 Å². The molecule has 0 radical (unpaired) electrons. The topological polar surface area (TPSA) is 96.1 Å². The fraction of sp³-hybridized carbons (Fsp3) is 0.800. The average Bonchev–Trinajstić information content (AvgIpc) is 2.37. The zero-order valence-corrected chi connectivity index (χ0v) is 11.4. The second-order valence-corrected chi connectivity index (χ2v) is 5.29. The number of ether oxygens (including phenoxy) is 1. The van der Waals surface area contributed by atoms with Crippen molar-refractivity contribution in [3.63, 3.8) is 0 Å². The molecule has 20 heavy (non-hydrogen) atoms. The number of hydrogen-bond acceptors (Lipinski definition) is 5.